The summed E-state index contributed by atoms with van der Waals surface area (Å²) in [7, 11) is -2.04. The van der Waals surface area contributed by atoms with E-state index < -0.39 is 10.0 Å². The molecule has 0 bridgehead atoms. The maximum atomic E-state index is 11.6. The summed E-state index contributed by atoms with van der Waals surface area (Å²) < 4.78 is 35.6. The van der Waals surface area contributed by atoms with Crippen molar-refractivity contribution in [3.63, 3.8) is 0 Å². The summed E-state index contributed by atoms with van der Waals surface area (Å²) >= 11 is 0. The molecule has 1 heterocycles. The van der Waals surface area contributed by atoms with Gasteiger partial charge < -0.3 is 9.47 Å². The monoisotopic (exact) mass is 279 g/mol. The Kier molecular flexibility index (Phi) is 6.59. The molecule has 18 heavy (non-hydrogen) atoms. The zero-order chi connectivity index (χ0) is 13.4. The number of carbonyl (C=O) groups is 1. The first-order valence-electron chi connectivity index (χ1n) is 6.19. The zero-order valence-electron chi connectivity index (χ0n) is 10.7. The Hall–Kier alpha value is -0.660. The summed E-state index contributed by atoms with van der Waals surface area (Å²) in [6.45, 7) is 1.02. The Bertz CT molecular complexity index is 348. The third-order valence-electron chi connectivity index (χ3n) is 2.83. The van der Waals surface area contributed by atoms with E-state index in [1.54, 1.807) is 0 Å². The zero-order valence-corrected chi connectivity index (χ0v) is 11.5. The van der Waals surface area contributed by atoms with E-state index in [-0.39, 0.29) is 30.7 Å². The summed E-state index contributed by atoms with van der Waals surface area (Å²) in [6.07, 6.45) is 3.39. The van der Waals surface area contributed by atoms with Crippen LogP contribution in [0, 0.1) is 0 Å². The molecule has 1 fully saturated rings. The second kappa shape index (κ2) is 7.70. The summed E-state index contributed by atoms with van der Waals surface area (Å²) in [6, 6.07) is 0. The van der Waals surface area contributed by atoms with Gasteiger partial charge >= 0.3 is 5.97 Å². The number of nitrogens with one attached hydrogen (secondary N) is 1. The standard InChI is InChI=1S/C11H21NO5S/c1-16-11(13)6-4-8-18(14,15)12-9-10-5-2-3-7-17-10/h10,12H,2-9H2,1H3. The number of hydrogen-bond acceptors (Lipinski definition) is 5. The highest BCUT2D eigenvalue weighted by Crippen LogP contribution is 2.11. The van der Waals surface area contributed by atoms with Crippen LogP contribution in [0.3, 0.4) is 0 Å². The van der Waals surface area contributed by atoms with Crippen LogP contribution in [0.15, 0.2) is 0 Å². The van der Waals surface area contributed by atoms with E-state index in [2.05, 4.69) is 9.46 Å². The Morgan fingerprint density at radius 1 is 1.44 bits per heavy atom. The van der Waals surface area contributed by atoms with Gasteiger partial charge in [0.25, 0.3) is 0 Å². The van der Waals surface area contributed by atoms with Crippen LogP contribution in [0.1, 0.15) is 32.1 Å². The molecule has 0 aromatic heterocycles. The summed E-state index contributed by atoms with van der Waals surface area (Å²) in [4.78, 5) is 10.8. The van der Waals surface area contributed by atoms with Crippen molar-refractivity contribution in [1.29, 1.82) is 0 Å². The van der Waals surface area contributed by atoms with Crippen LogP contribution >= 0.6 is 0 Å². The number of sulfonamides is 1. The van der Waals surface area contributed by atoms with E-state index in [9.17, 15) is 13.2 Å². The van der Waals surface area contributed by atoms with Crippen molar-refractivity contribution in [3.05, 3.63) is 0 Å². The highest BCUT2D eigenvalue weighted by atomic mass is 32.2. The van der Waals surface area contributed by atoms with Crippen LogP contribution in [-0.4, -0.2) is 46.5 Å². The second-order valence-electron chi connectivity index (χ2n) is 4.34. The first-order valence-corrected chi connectivity index (χ1v) is 7.84. The molecule has 106 valence electrons. The number of methoxy groups -OCH3 is 1. The second-order valence-corrected chi connectivity index (χ2v) is 6.26. The van der Waals surface area contributed by atoms with Gasteiger partial charge in [-0.2, -0.15) is 0 Å². The first-order chi connectivity index (χ1) is 8.53. The maximum Gasteiger partial charge on any atom is 0.305 e. The SMILES string of the molecule is COC(=O)CCCS(=O)(=O)NCC1CCCCO1. The molecule has 1 unspecified atom stereocenters. The third kappa shape index (κ3) is 6.32. The van der Waals surface area contributed by atoms with Gasteiger partial charge in [-0.15, -0.1) is 0 Å². The van der Waals surface area contributed by atoms with Gasteiger partial charge in [0.1, 0.15) is 0 Å². The van der Waals surface area contributed by atoms with E-state index in [4.69, 9.17) is 4.74 Å². The van der Waals surface area contributed by atoms with Gasteiger partial charge in [0.15, 0.2) is 0 Å². The number of carbonyl (C=O) groups excluding carboxylic acids is 1. The first kappa shape index (κ1) is 15.4. The van der Waals surface area contributed by atoms with Gasteiger partial charge in [0.2, 0.25) is 10.0 Å². The molecule has 1 atom stereocenters. The van der Waals surface area contributed by atoms with Crippen molar-refractivity contribution in [2.45, 2.75) is 38.2 Å². The lowest BCUT2D eigenvalue weighted by atomic mass is 10.1. The number of hydrogen-bond donors (Lipinski definition) is 1. The maximum absolute atomic E-state index is 11.6. The Morgan fingerprint density at radius 3 is 2.83 bits per heavy atom. The molecule has 1 aliphatic heterocycles. The van der Waals surface area contributed by atoms with Crippen molar-refractivity contribution < 1.29 is 22.7 Å². The molecule has 0 aromatic carbocycles. The molecule has 1 saturated heterocycles. The van der Waals surface area contributed by atoms with Crippen molar-refractivity contribution in [3.8, 4) is 0 Å². The molecule has 0 saturated carbocycles. The Morgan fingerprint density at radius 2 is 2.22 bits per heavy atom. The van der Waals surface area contributed by atoms with Gasteiger partial charge in [-0.05, 0) is 25.7 Å². The van der Waals surface area contributed by atoms with Crippen LogP contribution in [0.25, 0.3) is 0 Å². The van der Waals surface area contributed by atoms with Gasteiger partial charge in [0, 0.05) is 19.6 Å². The topological polar surface area (TPSA) is 81.7 Å². The van der Waals surface area contributed by atoms with Crippen molar-refractivity contribution in [2.24, 2.45) is 0 Å². The number of rotatable bonds is 7. The minimum atomic E-state index is -3.32. The molecule has 6 nitrogen and oxygen atoms in total. The van der Waals surface area contributed by atoms with Crippen LogP contribution in [0.2, 0.25) is 0 Å². The minimum absolute atomic E-state index is 0.0193. The fourth-order valence-electron chi connectivity index (χ4n) is 1.77. The predicted molar refractivity (Wildman–Crippen MR) is 66.6 cm³/mol. The van der Waals surface area contributed by atoms with Crippen LogP contribution < -0.4 is 4.72 Å². The molecular weight excluding hydrogens is 258 g/mol. The van der Waals surface area contributed by atoms with Crippen molar-refractivity contribution in [2.75, 3.05) is 26.0 Å². The lowest BCUT2D eigenvalue weighted by molar-refractivity contribution is -0.140. The summed E-state index contributed by atoms with van der Waals surface area (Å²) in [5.74, 6) is -0.449. The average Bonchev–Trinajstić information content (AvgIpc) is 2.37. The minimum Gasteiger partial charge on any atom is -0.469 e. The smallest absolute Gasteiger partial charge is 0.305 e. The van der Waals surface area contributed by atoms with E-state index in [1.807, 2.05) is 0 Å². The molecule has 0 aromatic rings. The predicted octanol–water partition coefficient (Wildman–Crippen LogP) is 0.428. The summed E-state index contributed by atoms with van der Waals surface area (Å²) in [5, 5.41) is 0. The number of ether oxygens (including phenoxy) is 2. The van der Waals surface area contributed by atoms with Crippen LogP contribution in [0.5, 0.6) is 0 Å². The molecule has 1 aliphatic rings. The van der Waals surface area contributed by atoms with Gasteiger partial charge in [0.05, 0.1) is 19.0 Å². The van der Waals surface area contributed by atoms with Crippen LogP contribution in [-0.2, 0) is 24.3 Å². The molecule has 7 heteroatoms. The lowest BCUT2D eigenvalue weighted by Crippen LogP contribution is -2.36. The van der Waals surface area contributed by atoms with Crippen LogP contribution in [0.4, 0.5) is 0 Å². The normalized spacial score (nSPS) is 20.6. The Balaban J connectivity index is 2.20. The van der Waals surface area contributed by atoms with E-state index >= 15 is 0 Å². The highest BCUT2D eigenvalue weighted by molar-refractivity contribution is 7.89. The highest BCUT2D eigenvalue weighted by Gasteiger charge is 2.17. The molecular formula is C11H21NO5S. The largest absolute Gasteiger partial charge is 0.469 e. The molecule has 0 aliphatic carbocycles. The van der Waals surface area contributed by atoms with Crippen molar-refractivity contribution >= 4 is 16.0 Å². The summed E-state index contributed by atoms with van der Waals surface area (Å²) in [5.41, 5.74) is 0. The Labute approximate surface area is 108 Å². The van der Waals surface area contributed by atoms with E-state index in [1.165, 1.54) is 7.11 Å². The molecule has 1 rings (SSSR count). The van der Waals surface area contributed by atoms with Gasteiger partial charge in [-0.3, -0.25) is 4.79 Å². The van der Waals surface area contributed by atoms with Gasteiger partial charge in [-0.25, -0.2) is 13.1 Å². The van der Waals surface area contributed by atoms with Crippen molar-refractivity contribution in [1.82, 2.24) is 4.72 Å². The van der Waals surface area contributed by atoms with E-state index in [0.717, 1.165) is 19.3 Å². The average molecular weight is 279 g/mol. The fourth-order valence-corrected chi connectivity index (χ4v) is 2.88. The molecule has 0 spiro atoms. The molecule has 0 radical (unpaired) electrons. The quantitative estimate of drug-likeness (QED) is 0.683. The molecule has 0 amide bonds. The van der Waals surface area contributed by atoms with Gasteiger partial charge in [-0.1, -0.05) is 0 Å². The third-order valence-corrected chi connectivity index (χ3v) is 4.26. The molecule has 1 N–H and O–H groups in total. The van der Waals surface area contributed by atoms with E-state index in [0.29, 0.717) is 13.2 Å². The lowest BCUT2D eigenvalue weighted by Gasteiger charge is -2.22. The fraction of sp³-hybridized carbons (Fsp3) is 0.909. The number of esters is 1.